The molecule has 0 saturated carbocycles. The molecule has 4 rings (SSSR count). The van der Waals surface area contributed by atoms with E-state index in [2.05, 4.69) is 21.2 Å². The molecule has 0 radical (unpaired) electrons. The zero-order chi connectivity index (χ0) is 27.5. The van der Waals surface area contributed by atoms with Gasteiger partial charge in [-0.1, -0.05) is 30.2 Å². The highest BCUT2D eigenvalue weighted by Crippen LogP contribution is 2.30. The normalized spacial score (nSPS) is 16.8. The quantitative estimate of drug-likeness (QED) is 0.505. The minimum absolute atomic E-state index is 0.0464. The number of hydrogen-bond donors (Lipinski definition) is 2. The van der Waals surface area contributed by atoms with Gasteiger partial charge in [-0.25, -0.2) is 4.98 Å². The van der Waals surface area contributed by atoms with Crippen molar-refractivity contribution in [2.75, 3.05) is 11.9 Å². The summed E-state index contributed by atoms with van der Waals surface area (Å²) >= 11 is 0. The van der Waals surface area contributed by atoms with E-state index in [4.69, 9.17) is 4.74 Å². The van der Waals surface area contributed by atoms with Crippen LogP contribution in [0.3, 0.4) is 0 Å². The Balaban J connectivity index is 1.49. The first-order valence-corrected chi connectivity index (χ1v) is 11.5. The van der Waals surface area contributed by atoms with Crippen LogP contribution in [0.15, 0.2) is 60.8 Å². The first kappa shape index (κ1) is 26.6. The third kappa shape index (κ3) is 5.92. The summed E-state index contributed by atoms with van der Waals surface area (Å²) in [5, 5.41) is 12.2. The van der Waals surface area contributed by atoms with Gasteiger partial charge in [-0.3, -0.25) is 19.5 Å². The van der Waals surface area contributed by atoms with Crippen LogP contribution in [0.2, 0.25) is 0 Å². The molecule has 1 unspecified atom stereocenters. The van der Waals surface area contributed by atoms with Gasteiger partial charge in [0.2, 0.25) is 11.5 Å². The Morgan fingerprint density at radius 3 is 2.61 bits per heavy atom. The smallest absolute Gasteiger partial charge is 0.428 e. The maximum Gasteiger partial charge on any atom is 0.428 e. The summed E-state index contributed by atoms with van der Waals surface area (Å²) in [6.07, 6.45) is -2.89. The van der Waals surface area contributed by atoms with Crippen LogP contribution in [0.1, 0.15) is 35.1 Å². The largest absolute Gasteiger partial charge is 0.457 e. The van der Waals surface area contributed by atoms with Crippen molar-refractivity contribution < 1.29 is 32.6 Å². The van der Waals surface area contributed by atoms with Crippen molar-refractivity contribution in [3.8, 4) is 23.3 Å². The van der Waals surface area contributed by atoms with Crippen LogP contribution in [0, 0.1) is 11.8 Å². The van der Waals surface area contributed by atoms with E-state index in [1.54, 1.807) is 30.2 Å². The molecule has 0 saturated heterocycles. The minimum Gasteiger partial charge on any atom is -0.457 e. The number of alkyl halides is 3. The number of nitrogens with zero attached hydrogens (tertiary/aromatic N) is 3. The molecule has 2 N–H and O–H groups in total. The molecular formula is C27H23F3N4O4. The maximum atomic E-state index is 13.1. The fraction of sp³-hybridized carbons (Fsp3) is 0.259. The second-order valence-electron chi connectivity index (χ2n) is 8.75. The second kappa shape index (κ2) is 10.5. The number of halogens is 3. The predicted octanol–water partition coefficient (Wildman–Crippen LogP) is 3.64. The Kier molecular flexibility index (Phi) is 7.37. The third-order valence-electron chi connectivity index (χ3n) is 5.84. The Morgan fingerprint density at radius 1 is 1.16 bits per heavy atom. The Hall–Kier alpha value is -4.43. The molecule has 2 aromatic heterocycles. The van der Waals surface area contributed by atoms with Gasteiger partial charge >= 0.3 is 6.18 Å². The van der Waals surface area contributed by atoms with E-state index in [0.717, 1.165) is 0 Å². The van der Waals surface area contributed by atoms with E-state index in [9.17, 15) is 27.9 Å². The van der Waals surface area contributed by atoms with Gasteiger partial charge in [-0.05, 0) is 55.5 Å². The molecule has 38 heavy (non-hydrogen) atoms. The van der Waals surface area contributed by atoms with Crippen molar-refractivity contribution in [3.63, 3.8) is 0 Å². The molecule has 3 aromatic rings. The van der Waals surface area contributed by atoms with Crippen molar-refractivity contribution in [2.24, 2.45) is 0 Å². The number of pyridine rings is 2. The first-order valence-electron chi connectivity index (χ1n) is 11.5. The van der Waals surface area contributed by atoms with Gasteiger partial charge in [-0.2, -0.15) is 13.2 Å². The number of carbonyl (C=O) groups is 2. The molecule has 8 nitrogen and oxygen atoms in total. The Bertz CT molecular complexity index is 1420. The monoisotopic (exact) mass is 524 g/mol. The van der Waals surface area contributed by atoms with E-state index in [-0.39, 0.29) is 23.6 Å². The third-order valence-corrected chi connectivity index (χ3v) is 5.84. The topological polar surface area (TPSA) is 105 Å². The van der Waals surface area contributed by atoms with Gasteiger partial charge in [0.25, 0.3) is 5.91 Å². The lowest BCUT2D eigenvalue weighted by Gasteiger charge is -2.21. The number of nitrogens with one attached hydrogen (secondary N) is 1. The maximum absolute atomic E-state index is 13.1. The first-order chi connectivity index (χ1) is 17.9. The number of aromatic nitrogens is 2. The van der Waals surface area contributed by atoms with Crippen LogP contribution in [-0.4, -0.2) is 51.8 Å². The number of hydrogen-bond acceptors (Lipinski definition) is 6. The highest BCUT2D eigenvalue weighted by molar-refractivity contribution is 6.02. The van der Waals surface area contributed by atoms with Gasteiger partial charge < -0.3 is 15.2 Å². The molecule has 2 amide bonds. The molecular weight excluding hydrogens is 501 g/mol. The fourth-order valence-corrected chi connectivity index (χ4v) is 3.64. The van der Waals surface area contributed by atoms with Crippen LogP contribution < -0.4 is 15.0 Å². The molecule has 3 heterocycles. The van der Waals surface area contributed by atoms with Crippen LogP contribution >= 0.6 is 0 Å². The number of aliphatic hydroxyl groups is 1. The summed E-state index contributed by atoms with van der Waals surface area (Å²) in [5.74, 6) is 4.16. The molecule has 2 atom stereocenters. The van der Waals surface area contributed by atoms with Gasteiger partial charge in [0.15, 0.2) is 0 Å². The number of ether oxygens (including phenoxy) is 1. The summed E-state index contributed by atoms with van der Waals surface area (Å²) < 4.78 is 44.4. The van der Waals surface area contributed by atoms with E-state index in [1.165, 1.54) is 30.3 Å². The number of carbonyl (C=O) groups excluding carboxylic acids is 2. The average molecular weight is 524 g/mol. The Labute approximate surface area is 216 Å². The Morgan fingerprint density at radius 2 is 1.89 bits per heavy atom. The number of fused-ring (bicyclic) bond motifs is 1. The molecule has 0 aliphatic carbocycles. The lowest BCUT2D eigenvalue weighted by atomic mass is 10.1. The SMILES string of the molecule is CN1C(=O)[C@@H](NC(=O)c2cc(Oc3ccccc3)ccn2)CCc2ccc(C#CC(C)(O)C(F)(F)F)nc21. The van der Waals surface area contributed by atoms with Crippen molar-refractivity contribution in [2.45, 2.75) is 37.6 Å². The van der Waals surface area contributed by atoms with E-state index in [0.29, 0.717) is 30.4 Å². The van der Waals surface area contributed by atoms with E-state index >= 15 is 0 Å². The minimum atomic E-state index is -4.94. The number of para-hydroxylation sites is 1. The average Bonchev–Trinajstić information content (AvgIpc) is 2.99. The molecule has 1 aromatic carbocycles. The van der Waals surface area contributed by atoms with Crippen molar-refractivity contribution in [1.29, 1.82) is 0 Å². The standard InChI is InChI=1S/C27H23F3N4O4/c1-26(37,27(28,29)30)14-12-18-10-8-17-9-11-21(25(36)34(2)23(17)32-18)33-24(35)22-16-20(13-15-31-22)38-19-6-4-3-5-7-19/h3-8,10,13,15-16,21,37H,9,11H2,1-2H3,(H,33,35)/t21-,26?/m0/s1. The van der Waals surface area contributed by atoms with E-state index in [1.807, 2.05) is 18.2 Å². The molecule has 1 aliphatic heterocycles. The molecule has 11 heteroatoms. The zero-order valence-corrected chi connectivity index (χ0v) is 20.4. The fourth-order valence-electron chi connectivity index (χ4n) is 3.64. The van der Waals surface area contributed by atoms with Crippen molar-refractivity contribution in [3.05, 3.63) is 77.7 Å². The lowest BCUT2D eigenvalue weighted by Crippen LogP contribution is -2.47. The van der Waals surface area contributed by atoms with Crippen molar-refractivity contribution >= 4 is 17.6 Å². The number of rotatable bonds is 4. The summed E-state index contributed by atoms with van der Waals surface area (Å²) in [7, 11) is 1.45. The summed E-state index contributed by atoms with van der Waals surface area (Å²) in [4.78, 5) is 35.6. The number of anilines is 1. The number of benzene rings is 1. The lowest BCUT2D eigenvalue weighted by molar-refractivity contribution is -0.228. The predicted molar refractivity (Wildman–Crippen MR) is 132 cm³/mol. The van der Waals surface area contributed by atoms with Gasteiger partial charge in [0, 0.05) is 19.3 Å². The van der Waals surface area contributed by atoms with Crippen LogP contribution in [0.4, 0.5) is 19.0 Å². The summed E-state index contributed by atoms with van der Waals surface area (Å²) in [5.41, 5.74) is -2.55. The zero-order valence-electron chi connectivity index (χ0n) is 20.4. The van der Waals surface area contributed by atoms with Gasteiger partial charge in [-0.15, -0.1) is 0 Å². The molecule has 1 aliphatic rings. The number of aryl methyl sites for hydroxylation is 1. The summed E-state index contributed by atoms with van der Waals surface area (Å²) in [6.45, 7) is 0.546. The van der Waals surface area contributed by atoms with Gasteiger partial charge in [0.1, 0.15) is 34.7 Å². The van der Waals surface area contributed by atoms with Gasteiger partial charge in [0.05, 0.1) is 0 Å². The molecule has 196 valence electrons. The van der Waals surface area contributed by atoms with Crippen LogP contribution in [-0.2, 0) is 11.2 Å². The van der Waals surface area contributed by atoms with Crippen LogP contribution in [0.25, 0.3) is 0 Å². The van der Waals surface area contributed by atoms with Crippen molar-refractivity contribution in [1.82, 2.24) is 15.3 Å². The number of amides is 2. The second-order valence-corrected chi connectivity index (χ2v) is 8.75. The number of likely N-dealkylation sites (N-methyl/N-ethyl adjacent to an activating group) is 1. The van der Waals surface area contributed by atoms with E-state index < -0.39 is 29.6 Å². The molecule has 0 bridgehead atoms. The summed E-state index contributed by atoms with van der Waals surface area (Å²) in [6, 6.07) is 14.2. The highest BCUT2D eigenvalue weighted by Gasteiger charge is 2.49. The van der Waals surface area contributed by atoms with Crippen LogP contribution in [0.5, 0.6) is 11.5 Å². The molecule has 0 fully saturated rings. The molecule has 0 spiro atoms. The highest BCUT2D eigenvalue weighted by atomic mass is 19.4.